The zero-order valence-electron chi connectivity index (χ0n) is 24.7. The number of ether oxygens (including phenoxy) is 2. The Kier molecular flexibility index (Phi) is 13.9. The lowest BCUT2D eigenvalue weighted by atomic mass is 9.95. The number of rotatable bonds is 7. The quantitative estimate of drug-likeness (QED) is 0.209. The van der Waals surface area contributed by atoms with Crippen LogP contribution in [0.5, 0.6) is 11.5 Å². The molecule has 0 bridgehead atoms. The fourth-order valence-corrected chi connectivity index (χ4v) is 4.50. The van der Waals surface area contributed by atoms with Gasteiger partial charge in [-0.2, -0.15) is 19.2 Å². The maximum atomic E-state index is 11.3. The molecule has 0 aliphatic heterocycles. The van der Waals surface area contributed by atoms with Crippen LogP contribution in [-0.4, -0.2) is 48.7 Å². The summed E-state index contributed by atoms with van der Waals surface area (Å²) >= 11 is 0. The Balaban J connectivity index is 0.000000269. The van der Waals surface area contributed by atoms with Crippen molar-refractivity contribution in [2.45, 2.75) is 19.3 Å². The van der Waals surface area contributed by atoms with Crippen LogP contribution in [-0.2, 0) is 24.0 Å². The van der Waals surface area contributed by atoms with Gasteiger partial charge in [-0.05, 0) is 80.6 Å². The highest BCUT2D eigenvalue weighted by atomic mass is 16.5. The van der Waals surface area contributed by atoms with E-state index in [0.29, 0.717) is 5.56 Å². The predicted molar refractivity (Wildman–Crippen MR) is 164 cm³/mol. The Morgan fingerprint density at radius 3 is 1.64 bits per heavy atom. The molecule has 5 aromatic carbocycles. The average Bonchev–Trinajstić information content (AvgIpc) is 3.04. The van der Waals surface area contributed by atoms with Crippen molar-refractivity contribution in [3.05, 3.63) is 108 Å². The second kappa shape index (κ2) is 17.8. The van der Waals surface area contributed by atoms with Gasteiger partial charge < -0.3 is 19.7 Å². The minimum Gasteiger partial charge on any atom is -0.497 e. The van der Waals surface area contributed by atoms with Gasteiger partial charge in [-0.1, -0.05) is 67.6 Å². The Labute approximate surface area is 258 Å². The van der Waals surface area contributed by atoms with Gasteiger partial charge in [0.1, 0.15) is 11.5 Å². The number of carboxylic acid groups (broad SMARTS) is 2. The van der Waals surface area contributed by atoms with Crippen molar-refractivity contribution < 1.29 is 48.5 Å². The van der Waals surface area contributed by atoms with Gasteiger partial charge >= 0.3 is 24.2 Å². The van der Waals surface area contributed by atoms with Gasteiger partial charge in [0.15, 0.2) is 0 Å². The van der Waals surface area contributed by atoms with E-state index < -0.39 is 11.9 Å². The number of benzene rings is 5. The molecule has 0 saturated carbocycles. The van der Waals surface area contributed by atoms with Gasteiger partial charge in [0.25, 0.3) is 0 Å². The van der Waals surface area contributed by atoms with E-state index in [0.717, 1.165) is 49.7 Å². The Morgan fingerprint density at radius 1 is 0.667 bits per heavy atom. The normalized spacial score (nSPS) is 10.2. The van der Waals surface area contributed by atoms with E-state index in [1.165, 1.54) is 0 Å². The summed E-state index contributed by atoms with van der Waals surface area (Å²) < 4.78 is 10.4. The molecule has 1 unspecified atom stereocenters. The van der Waals surface area contributed by atoms with Crippen LogP contribution < -0.4 is 9.47 Å². The van der Waals surface area contributed by atoms with Gasteiger partial charge in [-0.25, -0.2) is 4.79 Å². The van der Waals surface area contributed by atoms with Crippen LogP contribution in [0.4, 0.5) is 0 Å². The fraction of sp³-hybridized carbons (Fsp3) is 0.143. The van der Waals surface area contributed by atoms with Crippen molar-refractivity contribution in [2.75, 3.05) is 14.2 Å². The lowest BCUT2D eigenvalue weighted by Gasteiger charge is -2.10. The minimum atomic E-state index is -0.916. The monoisotopic (exact) mass is 610 g/mol. The third-order valence-corrected chi connectivity index (χ3v) is 6.64. The largest absolute Gasteiger partial charge is 0.497 e. The van der Waals surface area contributed by atoms with Gasteiger partial charge in [-0.3, -0.25) is 4.79 Å². The molecule has 10 heteroatoms. The van der Waals surface area contributed by atoms with E-state index in [1.807, 2.05) is 91.9 Å². The van der Waals surface area contributed by atoms with Crippen LogP contribution in [0.2, 0.25) is 0 Å². The summed E-state index contributed by atoms with van der Waals surface area (Å²) in [4.78, 5) is 54.5. The molecule has 0 aliphatic carbocycles. The molecule has 0 spiro atoms. The third-order valence-electron chi connectivity index (χ3n) is 6.64. The summed E-state index contributed by atoms with van der Waals surface area (Å²) in [7, 11) is 3.28. The van der Waals surface area contributed by atoms with Crippen LogP contribution in [0.25, 0.3) is 32.7 Å². The van der Waals surface area contributed by atoms with E-state index in [1.54, 1.807) is 26.4 Å². The highest BCUT2D eigenvalue weighted by Crippen LogP contribution is 2.29. The van der Waals surface area contributed by atoms with Gasteiger partial charge in [-0.15, -0.1) is 0 Å². The van der Waals surface area contributed by atoms with Gasteiger partial charge in [0.2, 0.25) is 0 Å². The van der Waals surface area contributed by atoms with Crippen LogP contribution in [0.1, 0.15) is 35.2 Å². The Hall–Kier alpha value is -6.08. The molecule has 0 heterocycles. The molecule has 0 aromatic heterocycles. The van der Waals surface area contributed by atoms with Crippen LogP contribution in [0.3, 0.4) is 0 Å². The number of carbonyl (C=O) groups is 2. The van der Waals surface area contributed by atoms with Gasteiger partial charge in [0, 0.05) is 0 Å². The van der Waals surface area contributed by atoms with E-state index in [9.17, 15) is 14.7 Å². The molecular formula is C35H30O10. The van der Waals surface area contributed by atoms with E-state index in [4.69, 9.17) is 33.8 Å². The Bertz CT molecular complexity index is 1820. The van der Waals surface area contributed by atoms with Crippen molar-refractivity contribution in [3.63, 3.8) is 0 Å². The van der Waals surface area contributed by atoms with Crippen LogP contribution >= 0.6 is 0 Å². The molecule has 0 saturated heterocycles. The molecule has 2 N–H and O–H groups in total. The molecule has 0 fully saturated rings. The summed E-state index contributed by atoms with van der Waals surface area (Å²) in [5.74, 6) is -0.0261. The standard InChI is InChI=1S/C18H14O3.C15H16O3.2CO2/c1-21-15-9-8-12-10-14(7-6-13(12)11-15)16-4-2-3-5-17(16)18(19)20;1-10(7-15(16)17)11-3-4-13-9-14(18-2)6-5-12(13)8-11;2*2-1-3/h2-11H,1H3,(H,19,20);3-6,8-10H,7H2,1-2H3,(H,16,17);;. The van der Waals surface area contributed by atoms with Crippen molar-refractivity contribution >= 4 is 45.8 Å². The topological polar surface area (TPSA) is 161 Å². The molecular weight excluding hydrogens is 580 g/mol. The van der Waals surface area contributed by atoms with E-state index >= 15 is 0 Å². The zero-order chi connectivity index (χ0) is 33.4. The second-order valence-electron chi connectivity index (χ2n) is 9.42. The van der Waals surface area contributed by atoms with Crippen LogP contribution in [0, 0.1) is 0 Å². The molecule has 10 nitrogen and oxygen atoms in total. The van der Waals surface area contributed by atoms with Crippen molar-refractivity contribution in [1.82, 2.24) is 0 Å². The molecule has 0 radical (unpaired) electrons. The number of hydrogen-bond acceptors (Lipinski definition) is 8. The molecule has 0 aliphatic rings. The number of fused-ring (bicyclic) bond motifs is 2. The maximum absolute atomic E-state index is 11.3. The van der Waals surface area contributed by atoms with Crippen LogP contribution in [0.15, 0.2) is 97.1 Å². The fourth-order valence-electron chi connectivity index (χ4n) is 4.50. The van der Waals surface area contributed by atoms with Gasteiger partial charge in [0.05, 0.1) is 26.2 Å². The van der Waals surface area contributed by atoms with Crippen molar-refractivity contribution in [1.29, 1.82) is 0 Å². The summed E-state index contributed by atoms with van der Waals surface area (Å²) in [5, 5.41) is 22.4. The maximum Gasteiger partial charge on any atom is 0.373 e. The Morgan fingerprint density at radius 2 is 1.13 bits per heavy atom. The minimum absolute atomic E-state index is 0.0222. The summed E-state index contributed by atoms with van der Waals surface area (Å²) in [6.45, 7) is 1.93. The molecule has 230 valence electrons. The number of carboxylic acids is 2. The average molecular weight is 611 g/mol. The number of carbonyl (C=O) groups excluding carboxylic acids is 4. The first kappa shape index (κ1) is 35.1. The number of aliphatic carboxylic acids is 1. The lowest BCUT2D eigenvalue weighted by molar-refractivity contribution is -0.193. The first-order chi connectivity index (χ1) is 21.6. The number of hydrogen-bond donors (Lipinski definition) is 2. The first-order valence-electron chi connectivity index (χ1n) is 13.3. The molecule has 5 aromatic rings. The summed E-state index contributed by atoms with van der Waals surface area (Å²) in [5.41, 5.74) is 2.98. The van der Waals surface area contributed by atoms with Crippen molar-refractivity contribution in [3.8, 4) is 22.6 Å². The second-order valence-corrected chi connectivity index (χ2v) is 9.42. The molecule has 0 amide bonds. The number of aromatic carboxylic acids is 1. The highest BCUT2D eigenvalue weighted by Gasteiger charge is 2.12. The predicted octanol–water partition coefficient (Wildman–Crippen LogP) is 6.47. The summed E-state index contributed by atoms with van der Waals surface area (Å²) in [6.07, 6.45) is 0.654. The smallest absolute Gasteiger partial charge is 0.373 e. The third kappa shape index (κ3) is 10.3. The first-order valence-corrected chi connectivity index (χ1v) is 13.3. The molecule has 5 rings (SSSR count). The zero-order valence-corrected chi connectivity index (χ0v) is 24.7. The summed E-state index contributed by atoms with van der Waals surface area (Å²) in [6, 6.07) is 30.7. The van der Waals surface area contributed by atoms with Crippen molar-refractivity contribution in [2.24, 2.45) is 0 Å². The SMILES string of the molecule is COc1ccc2cc(-c3ccccc3C(=O)O)ccc2c1.COc1ccc2cc(C(C)CC(=O)O)ccc2c1.O=C=O.O=C=O. The molecule has 45 heavy (non-hydrogen) atoms. The highest BCUT2D eigenvalue weighted by molar-refractivity contribution is 5.98. The van der Waals surface area contributed by atoms with E-state index in [-0.39, 0.29) is 24.6 Å². The molecule has 1 atom stereocenters. The lowest BCUT2D eigenvalue weighted by Crippen LogP contribution is -2.02. The number of methoxy groups -OCH3 is 2. The van der Waals surface area contributed by atoms with E-state index in [2.05, 4.69) is 0 Å².